The molecule has 0 spiro atoms. The molecule has 1 aromatic rings. The van der Waals surface area contributed by atoms with E-state index in [1.807, 2.05) is 0 Å². The number of carbonyl (C=O) groups is 2. The first-order chi connectivity index (χ1) is 10.7. The maximum atomic E-state index is 14.0. The molecule has 23 heavy (non-hydrogen) atoms. The Morgan fingerprint density at radius 1 is 1.13 bits per heavy atom. The van der Waals surface area contributed by atoms with Gasteiger partial charge in [-0.1, -0.05) is 0 Å². The molecule has 0 N–H and O–H groups in total. The van der Waals surface area contributed by atoms with Crippen molar-refractivity contribution in [2.24, 2.45) is 0 Å². The Balaban J connectivity index is 2.56. The lowest BCUT2D eigenvalue weighted by Crippen LogP contribution is -2.41. The van der Waals surface area contributed by atoms with E-state index in [9.17, 15) is 22.8 Å². The highest BCUT2D eigenvalue weighted by atomic mass is 19.2. The van der Waals surface area contributed by atoms with Gasteiger partial charge in [0.2, 0.25) is 0 Å². The molecule has 1 aliphatic rings. The first-order valence-corrected chi connectivity index (χ1v) is 6.65. The quantitative estimate of drug-likeness (QED) is 0.369. The van der Waals surface area contributed by atoms with Crippen LogP contribution in [-0.2, 0) is 19.1 Å². The molecule has 124 valence electrons. The second-order valence-corrected chi connectivity index (χ2v) is 5.07. The van der Waals surface area contributed by atoms with Crippen LogP contribution in [0.25, 0.3) is 6.08 Å². The average molecular weight is 330 g/mol. The molecule has 0 bridgehead atoms. The maximum absolute atomic E-state index is 14.0. The van der Waals surface area contributed by atoms with Crippen LogP contribution in [0.4, 0.5) is 13.2 Å². The molecular formula is C15H13F3O5. The largest absolute Gasteiger partial charge is 0.493 e. The van der Waals surface area contributed by atoms with Gasteiger partial charge in [-0.3, -0.25) is 0 Å². The summed E-state index contributed by atoms with van der Waals surface area (Å²) in [4.78, 5) is 23.7. The number of ether oxygens (including phenoxy) is 3. The minimum Gasteiger partial charge on any atom is -0.493 e. The van der Waals surface area contributed by atoms with Crippen molar-refractivity contribution in [3.8, 4) is 5.75 Å². The van der Waals surface area contributed by atoms with Gasteiger partial charge in [-0.05, 0) is 13.0 Å². The van der Waals surface area contributed by atoms with Crippen molar-refractivity contribution in [3.63, 3.8) is 0 Å². The van der Waals surface area contributed by atoms with Gasteiger partial charge in [0.1, 0.15) is 11.3 Å². The highest BCUT2D eigenvalue weighted by Gasteiger charge is 2.39. The van der Waals surface area contributed by atoms with Gasteiger partial charge in [0, 0.05) is 19.9 Å². The van der Waals surface area contributed by atoms with Crippen LogP contribution in [0.2, 0.25) is 0 Å². The van der Waals surface area contributed by atoms with Crippen LogP contribution >= 0.6 is 0 Å². The number of hydrogen-bond acceptors (Lipinski definition) is 5. The topological polar surface area (TPSA) is 61.8 Å². The van der Waals surface area contributed by atoms with Crippen LogP contribution in [-0.4, -0.2) is 24.3 Å². The summed E-state index contributed by atoms with van der Waals surface area (Å²) in [6.45, 7) is 4.25. The number of esters is 2. The highest BCUT2D eigenvalue weighted by Crippen LogP contribution is 2.31. The molecule has 0 amide bonds. The molecule has 0 aliphatic carbocycles. The van der Waals surface area contributed by atoms with Crippen LogP contribution in [0.3, 0.4) is 0 Å². The van der Waals surface area contributed by atoms with Crippen molar-refractivity contribution >= 4 is 18.0 Å². The minimum absolute atomic E-state index is 0.0304. The molecule has 0 atom stereocenters. The summed E-state index contributed by atoms with van der Waals surface area (Å²) in [7, 11) is 0. The fraction of sp³-hybridized carbons (Fsp3) is 0.333. The summed E-state index contributed by atoms with van der Waals surface area (Å²) in [6, 6.07) is 0.623. The van der Waals surface area contributed by atoms with E-state index in [4.69, 9.17) is 14.2 Å². The fourth-order valence-corrected chi connectivity index (χ4v) is 1.92. The van der Waals surface area contributed by atoms with Gasteiger partial charge in [0.05, 0.1) is 12.2 Å². The van der Waals surface area contributed by atoms with Gasteiger partial charge in [-0.2, -0.15) is 0 Å². The fourth-order valence-electron chi connectivity index (χ4n) is 1.92. The van der Waals surface area contributed by atoms with E-state index < -0.39 is 46.3 Å². The molecular weight excluding hydrogens is 317 g/mol. The molecule has 5 nitrogen and oxygen atoms in total. The summed E-state index contributed by atoms with van der Waals surface area (Å²) in [5.41, 5.74) is -1.25. The van der Waals surface area contributed by atoms with Crippen LogP contribution in [0.15, 0.2) is 11.6 Å². The molecule has 8 heteroatoms. The lowest BCUT2D eigenvalue weighted by molar-refractivity contribution is -0.222. The summed E-state index contributed by atoms with van der Waals surface area (Å²) >= 11 is 0. The molecule has 0 saturated carbocycles. The lowest BCUT2D eigenvalue weighted by atomic mass is 10.1. The van der Waals surface area contributed by atoms with E-state index in [0.717, 1.165) is 0 Å². The van der Waals surface area contributed by atoms with Crippen molar-refractivity contribution in [2.75, 3.05) is 6.61 Å². The molecule has 1 fully saturated rings. The summed E-state index contributed by atoms with van der Waals surface area (Å²) in [6.07, 6.45) is 0.711. The van der Waals surface area contributed by atoms with Crippen LogP contribution in [0.1, 0.15) is 26.3 Å². The van der Waals surface area contributed by atoms with E-state index in [0.29, 0.717) is 12.1 Å². The van der Waals surface area contributed by atoms with E-state index in [-0.39, 0.29) is 12.4 Å². The Morgan fingerprint density at radius 2 is 1.70 bits per heavy atom. The number of rotatable bonds is 3. The van der Waals surface area contributed by atoms with Gasteiger partial charge >= 0.3 is 11.9 Å². The number of halogens is 3. The number of hydrogen-bond donors (Lipinski definition) is 0. The second kappa shape index (κ2) is 5.94. The minimum atomic E-state index is -1.75. The zero-order chi connectivity index (χ0) is 17.4. The Morgan fingerprint density at radius 3 is 2.22 bits per heavy atom. The molecule has 0 unspecified atom stereocenters. The molecule has 1 aromatic carbocycles. The average Bonchev–Trinajstić information content (AvgIpc) is 2.42. The van der Waals surface area contributed by atoms with Gasteiger partial charge in [-0.25, -0.2) is 22.8 Å². The SMILES string of the molecule is CCOc1cc(F)c(F)c(F)c1C=C1C(=O)OC(C)(C)OC1=O. The summed E-state index contributed by atoms with van der Waals surface area (Å²) < 4.78 is 55.4. The Bertz CT molecular complexity index is 688. The molecule has 0 radical (unpaired) electrons. The maximum Gasteiger partial charge on any atom is 0.348 e. The Labute approximate surface area is 129 Å². The van der Waals surface area contributed by atoms with Crippen molar-refractivity contribution in [1.29, 1.82) is 0 Å². The first-order valence-electron chi connectivity index (χ1n) is 6.65. The van der Waals surface area contributed by atoms with E-state index >= 15 is 0 Å². The van der Waals surface area contributed by atoms with Crippen LogP contribution < -0.4 is 4.74 Å². The predicted octanol–water partition coefficient (Wildman–Crippen LogP) is 2.72. The molecule has 0 aromatic heterocycles. The van der Waals surface area contributed by atoms with Gasteiger partial charge in [0.25, 0.3) is 5.79 Å². The van der Waals surface area contributed by atoms with Crippen molar-refractivity contribution in [1.82, 2.24) is 0 Å². The van der Waals surface area contributed by atoms with Crippen molar-refractivity contribution in [3.05, 3.63) is 34.7 Å². The normalized spacial score (nSPS) is 16.7. The van der Waals surface area contributed by atoms with Crippen LogP contribution in [0.5, 0.6) is 5.75 Å². The molecule has 1 heterocycles. The zero-order valence-corrected chi connectivity index (χ0v) is 12.5. The third kappa shape index (κ3) is 3.30. The smallest absolute Gasteiger partial charge is 0.348 e. The van der Waals surface area contributed by atoms with E-state index in [1.165, 1.54) is 13.8 Å². The lowest BCUT2D eigenvalue weighted by Gasteiger charge is -2.29. The monoisotopic (exact) mass is 330 g/mol. The Hall–Kier alpha value is -2.51. The standard InChI is InChI=1S/C15H13F3O5/c1-4-21-10-6-9(16)12(18)11(17)7(10)5-8-13(19)22-15(2,3)23-14(8)20/h5-6H,4H2,1-3H3. The van der Waals surface area contributed by atoms with Gasteiger partial charge < -0.3 is 14.2 Å². The zero-order valence-electron chi connectivity index (χ0n) is 12.5. The van der Waals surface area contributed by atoms with Gasteiger partial charge in [-0.15, -0.1) is 0 Å². The van der Waals surface area contributed by atoms with Gasteiger partial charge in [0.15, 0.2) is 17.5 Å². The molecule has 1 saturated heterocycles. The molecule has 2 rings (SSSR count). The highest BCUT2D eigenvalue weighted by molar-refractivity contribution is 6.19. The second-order valence-electron chi connectivity index (χ2n) is 5.07. The Kier molecular flexibility index (Phi) is 4.35. The van der Waals surface area contributed by atoms with Crippen molar-refractivity contribution < 1.29 is 37.0 Å². The summed E-state index contributed by atoms with van der Waals surface area (Å²) in [5, 5.41) is 0. The number of cyclic esters (lactones) is 2. The van der Waals surface area contributed by atoms with Crippen LogP contribution in [0, 0.1) is 17.5 Å². The molecule has 1 aliphatic heterocycles. The number of benzene rings is 1. The third-order valence-corrected chi connectivity index (χ3v) is 2.87. The van der Waals surface area contributed by atoms with Crippen molar-refractivity contribution in [2.45, 2.75) is 26.6 Å². The van der Waals surface area contributed by atoms with E-state index in [1.54, 1.807) is 6.92 Å². The summed E-state index contributed by atoms with van der Waals surface area (Å²) in [5.74, 6) is -8.77. The number of carbonyl (C=O) groups excluding carboxylic acids is 2. The third-order valence-electron chi connectivity index (χ3n) is 2.87. The first kappa shape index (κ1) is 16.9. The van der Waals surface area contributed by atoms with E-state index in [2.05, 4.69) is 0 Å². The predicted molar refractivity (Wildman–Crippen MR) is 71.7 cm³/mol.